The highest BCUT2D eigenvalue weighted by Crippen LogP contribution is 2.33. The van der Waals surface area contributed by atoms with Crippen molar-refractivity contribution in [3.63, 3.8) is 0 Å². The summed E-state index contributed by atoms with van der Waals surface area (Å²) in [5, 5.41) is 6.94. The second-order valence-electron chi connectivity index (χ2n) is 7.08. The molecule has 8 heteroatoms. The summed E-state index contributed by atoms with van der Waals surface area (Å²) >= 11 is 0. The third-order valence-electron chi connectivity index (χ3n) is 5.37. The first-order valence-electron chi connectivity index (χ1n) is 9.68. The second-order valence-corrected chi connectivity index (χ2v) is 7.08. The van der Waals surface area contributed by atoms with Crippen LogP contribution in [0.15, 0.2) is 35.3 Å². The largest absolute Gasteiger partial charge is 0.453 e. The van der Waals surface area contributed by atoms with Crippen LogP contribution in [-0.2, 0) is 9.47 Å². The number of benzene rings is 1. The monoisotopic (exact) mass is 502 g/mol. The Balaban J connectivity index is 0.00000280. The first kappa shape index (κ1) is 22.7. The number of rotatable bonds is 4. The molecule has 2 atom stereocenters. The van der Waals surface area contributed by atoms with Crippen molar-refractivity contribution in [2.24, 2.45) is 10.9 Å². The SMILES string of the molecule is CN=C(NCC1CCOC1c1ccccc1)NC1CCN(C(=O)OC)CC1.I. The number of hydrogen-bond acceptors (Lipinski definition) is 4. The van der Waals surface area contributed by atoms with Crippen molar-refractivity contribution in [3.05, 3.63) is 35.9 Å². The van der Waals surface area contributed by atoms with E-state index in [0.717, 1.165) is 38.4 Å². The van der Waals surface area contributed by atoms with Crippen LogP contribution in [0.3, 0.4) is 0 Å². The van der Waals surface area contributed by atoms with Crippen molar-refractivity contribution >= 4 is 36.0 Å². The molecule has 2 aliphatic heterocycles. The van der Waals surface area contributed by atoms with E-state index >= 15 is 0 Å². The first-order valence-corrected chi connectivity index (χ1v) is 9.68. The second kappa shape index (κ2) is 11.5. The summed E-state index contributed by atoms with van der Waals surface area (Å²) < 4.78 is 10.8. The Labute approximate surface area is 184 Å². The number of amides is 1. The van der Waals surface area contributed by atoms with E-state index in [1.165, 1.54) is 12.7 Å². The summed E-state index contributed by atoms with van der Waals surface area (Å²) in [6, 6.07) is 10.7. The molecule has 2 saturated heterocycles. The maximum Gasteiger partial charge on any atom is 0.409 e. The fourth-order valence-electron chi connectivity index (χ4n) is 3.81. The number of carbonyl (C=O) groups excluding carboxylic acids is 1. The van der Waals surface area contributed by atoms with Gasteiger partial charge in [-0.2, -0.15) is 0 Å². The molecule has 7 nitrogen and oxygen atoms in total. The lowest BCUT2D eigenvalue weighted by molar-refractivity contribution is 0.0915. The number of piperidine rings is 1. The quantitative estimate of drug-likeness (QED) is 0.377. The molecule has 2 heterocycles. The van der Waals surface area contributed by atoms with Crippen molar-refractivity contribution in [1.29, 1.82) is 0 Å². The van der Waals surface area contributed by atoms with Crippen molar-refractivity contribution in [1.82, 2.24) is 15.5 Å². The van der Waals surface area contributed by atoms with Gasteiger partial charge in [0.05, 0.1) is 13.2 Å². The van der Waals surface area contributed by atoms with E-state index in [-0.39, 0.29) is 36.2 Å². The van der Waals surface area contributed by atoms with Crippen LogP contribution in [0.2, 0.25) is 0 Å². The zero-order chi connectivity index (χ0) is 19.1. The number of ether oxygens (including phenoxy) is 2. The minimum absolute atomic E-state index is 0. The topological polar surface area (TPSA) is 75.2 Å². The van der Waals surface area contributed by atoms with Crippen LogP contribution in [-0.4, -0.2) is 63.4 Å². The van der Waals surface area contributed by atoms with Crippen LogP contribution in [0.4, 0.5) is 4.79 Å². The summed E-state index contributed by atoms with van der Waals surface area (Å²) in [7, 11) is 3.21. The lowest BCUT2D eigenvalue weighted by Gasteiger charge is -2.32. The molecule has 0 aliphatic carbocycles. The van der Waals surface area contributed by atoms with Gasteiger partial charge in [0.25, 0.3) is 0 Å². The predicted octanol–water partition coefficient (Wildman–Crippen LogP) is 2.78. The predicted molar refractivity (Wildman–Crippen MR) is 120 cm³/mol. The van der Waals surface area contributed by atoms with Crippen LogP contribution in [0.1, 0.15) is 30.9 Å². The molecule has 0 bridgehead atoms. The maximum absolute atomic E-state index is 11.6. The smallest absolute Gasteiger partial charge is 0.409 e. The Hall–Kier alpha value is -1.55. The number of carbonyl (C=O) groups is 1. The van der Waals surface area contributed by atoms with Crippen molar-refractivity contribution in [2.45, 2.75) is 31.4 Å². The molecule has 0 saturated carbocycles. The summed E-state index contributed by atoms with van der Waals surface area (Å²) in [6.45, 7) is 3.02. The summed E-state index contributed by atoms with van der Waals surface area (Å²) in [5.41, 5.74) is 1.24. The Morgan fingerprint density at radius 3 is 2.61 bits per heavy atom. The molecule has 3 rings (SSSR count). The molecule has 28 heavy (non-hydrogen) atoms. The normalized spacial score (nSPS) is 23.1. The van der Waals surface area contributed by atoms with Crippen molar-refractivity contribution < 1.29 is 14.3 Å². The van der Waals surface area contributed by atoms with Gasteiger partial charge in [-0.25, -0.2) is 4.79 Å². The van der Waals surface area contributed by atoms with Crippen LogP contribution < -0.4 is 10.6 Å². The van der Waals surface area contributed by atoms with Gasteiger partial charge in [0.1, 0.15) is 0 Å². The molecule has 2 aliphatic rings. The molecule has 2 fully saturated rings. The Morgan fingerprint density at radius 2 is 1.96 bits per heavy atom. The number of likely N-dealkylation sites (tertiary alicyclic amines) is 1. The van der Waals surface area contributed by atoms with E-state index in [1.54, 1.807) is 11.9 Å². The molecule has 156 valence electrons. The number of guanidine groups is 1. The molecule has 1 amide bonds. The molecule has 0 radical (unpaired) electrons. The molecule has 0 aromatic heterocycles. The molecular formula is C20H31IN4O3. The fourth-order valence-corrected chi connectivity index (χ4v) is 3.81. The first-order chi connectivity index (χ1) is 13.2. The van der Waals surface area contributed by atoms with Gasteiger partial charge in [-0.15, -0.1) is 24.0 Å². The van der Waals surface area contributed by atoms with E-state index < -0.39 is 0 Å². The highest BCUT2D eigenvalue weighted by molar-refractivity contribution is 14.0. The van der Waals surface area contributed by atoms with E-state index in [2.05, 4.69) is 39.9 Å². The van der Waals surface area contributed by atoms with Gasteiger partial charge in [0.15, 0.2) is 5.96 Å². The lowest BCUT2D eigenvalue weighted by Crippen LogP contribution is -2.50. The van der Waals surface area contributed by atoms with Gasteiger partial charge in [0, 0.05) is 45.2 Å². The number of nitrogens with zero attached hydrogens (tertiary/aromatic N) is 2. The standard InChI is InChI=1S/C20H30N4O3.HI/c1-21-19(23-17-8-11-24(12-9-17)20(25)26-2)22-14-16-10-13-27-18(16)15-6-4-3-5-7-15;/h3-7,16-18H,8-14H2,1-2H3,(H2,21,22,23);1H. The van der Waals surface area contributed by atoms with Crippen LogP contribution in [0, 0.1) is 5.92 Å². The number of aliphatic imine (C=N–C) groups is 1. The summed E-state index contributed by atoms with van der Waals surface area (Å²) in [4.78, 5) is 17.7. The fraction of sp³-hybridized carbons (Fsp3) is 0.600. The maximum atomic E-state index is 11.6. The zero-order valence-electron chi connectivity index (χ0n) is 16.6. The molecule has 2 unspecified atom stereocenters. The third kappa shape index (κ3) is 5.97. The molecule has 1 aromatic carbocycles. The Bertz CT molecular complexity index is 636. The highest BCUT2D eigenvalue weighted by atomic mass is 127. The van der Waals surface area contributed by atoms with Gasteiger partial charge >= 0.3 is 6.09 Å². The summed E-state index contributed by atoms with van der Waals surface area (Å²) in [5.74, 6) is 1.23. The van der Waals surface area contributed by atoms with Gasteiger partial charge < -0.3 is 25.0 Å². The Morgan fingerprint density at radius 1 is 1.25 bits per heavy atom. The highest BCUT2D eigenvalue weighted by Gasteiger charge is 2.30. The molecular weight excluding hydrogens is 471 g/mol. The molecule has 0 spiro atoms. The number of nitrogens with one attached hydrogen (secondary N) is 2. The zero-order valence-corrected chi connectivity index (χ0v) is 18.9. The summed E-state index contributed by atoms with van der Waals surface area (Å²) in [6.07, 6.45) is 2.70. The minimum Gasteiger partial charge on any atom is -0.453 e. The van der Waals surface area contributed by atoms with E-state index in [9.17, 15) is 4.79 Å². The van der Waals surface area contributed by atoms with E-state index in [0.29, 0.717) is 25.0 Å². The number of methoxy groups -OCH3 is 1. The third-order valence-corrected chi connectivity index (χ3v) is 5.37. The van der Waals surface area contributed by atoms with E-state index in [1.807, 2.05) is 6.07 Å². The average molecular weight is 502 g/mol. The van der Waals surface area contributed by atoms with E-state index in [4.69, 9.17) is 9.47 Å². The number of halogens is 1. The van der Waals surface area contributed by atoms with Crippen LogP contribution in [0.25, 0.3) is 0 Å². The van der Waals surface area contributed by atoms with Gasteiger partial charge in [-0.3, -0.25) is 4.99 Å². The van der Waals surface area contributed by atoms with Crippen molar-refractivity contribution in [2.75, 3.05) is 40.4 Å². The van der Waals surface area contributed by atoms with Gasteiger partial charge in [0.2, 0.25) is 0 Å². The molecule has 1 aromatic rings. The average Bonchev–Trinajstić information content (AvgIpc) is 3.20. The van der Waals surface area contributed by atoms with Crippen molar-refractivity contribution in [3.8, 4) is 0 Å². The minimum atomic E-state index is -0.246. The van der Waals surface area contributed by atoms with Gasteiger partial charge in [-0.1, -0.05) is 30.3 Å². The molecule has 2 N–H and O–H groups in total. The number of hydrogen-bond donors (Lipinski definition) is 2. The van der Waals surface area contributed by atoms with Crippen LogP contribution >= 0.6 is 24.0 Å². The lowest BCUT2D eigenvalue weighted by atomic mass is 9.95. The van der Waals surface area contributed by atoms with Gasteiger partial charge in [-0.05, 0) is 24.8 Å². The Kier molecular flexibility index (Phi) is 9.30. The van der Waals surface area contributed by atoms with Crippen LogP contribution in [0.5, 0.6) is 0 Å².